The molecule has 0 saturated heterocycles. The number of carbonyl (C=O) groups excluding carboxylic acids is 1. The second kappa shape index (κ2) is 5.57. The monoisotopic (exact) mass is 250 g/mol. The first-order valence-electron chi connectivity index (χ1n) is 6.64. The highest BCUT2D eigenvalue weighted by atomic mass is 16.3. The maximum absolute atomic E-state index is 12.1. The summed E-state index contributed by atoms with van der Waals surface area (Å²) in [5, 5.41) is 0. The molecule has 0 spiro atoms. The van der Waals surface area contributed by atoms with E-state index in [2.05, 4.69) is 0 Å². The van der Waals surface area contributed by atoms with Gasteiger partial charge < -0.3 is 15.1 Å². The van der Waals surface area contributed by atoms with E-state index in [9.17, 15) is 4.79 Å². The van der Waals surface area contributed by atoms with E-state index in [1.54, 1.807) is 18.2 Å². The molecule has 0 unspecified atom stereocenters. The molecule has 100 valence electrons. The maximum Gasteiger partial charge on any atom is 0.224 e. The summed E-state index contributed by atoms with van der Waals surface area (Å²) in [5.41, 5.74) is 6.02. The highest BCUT2D eigenvalue weighted by Crippen LogP contribution is 2.29. The van der Waals surface area contributed by atoms with Gasteiger partial charge in [-0.2, -0.15) is 0 Å². The van der Waals surface area contributed by atoms with E-state index >= 15 is 0 Å². The Bertz CT molecular complexity index is 381. The summed E-state index contributed by atoms with van der Waals surface area (Å²) in [4.78, 5) is 13.8. The number of hydrogen-bond acceptors (Lipinski definition) is 3. The van der Waals surface area contributed by atoms with Crippen LogP contribution in [0.1, 0.15) is 44.3 Å². The Morgan fingerprint density at radius 1 is 1.44 bits per heavy atom. The van der Waals surface area contributed by atoms with Crippen molar-refractivity contribution in [3.63, 3.8) is 0 Å². The molecule has 1 aromatic rings. The fraction of sp³-hybridized carbons (Fsp3) is 0.643. The number of carbonyl (C=O) groups is 1. The van der Waals surface area contributed by atoms with Crippen LogP contribution in [0.25, 0.3) is 0 Å². The largest absolute Gasteiger partial charge is 0.467 e. The van der Waals surface area contributed by atoms with E-state index in [4.69, 9.17) is 10.2 Å². The van der Waals surface area contributed by atoms with E-state index in [1.165, 1.54) is 6.42 Å². The Morgan fingerprint density at radius 3 is 2.78 bits per heavy atom. The topological polar surface area (TPSA) is 59.5 Å². The lowest BCUT2D eigenvalue weighted by atomic mass is 9.80. The molecule has 2 N–H and O–H groups in total. The van der Waals surface area contributed by atoms with Gasteiger partial charge in [0.2, 0.25) is 5.91 Å². The Hall–Kier alpha value is -1.29. The zero-order chi connectivity index (χ0) is 13.0. The molecular formula is C14H22N2O2. The van der Waals surface area contributed by atoms with Crippen molar-refractivity contribution in [2.75, 3.05) is 7.05 Å². The molecule has 0 bridgehead atoms. The normalized spacial score (nSPS) is 18.6. The van der Waals surface area contributed by atoms with Gasteiger partial charge in [0.05, 0.1) is 12.8 Å². The van der Waals surface area contributed by atoms with E-state index < -0.39 is 0 Å². The quantitative estimate of drug-likeness (QED) is 0.892. The van der Waals surface area contributed by atoms with Crippen LogP contribution in [-0.2, 0) is 11.3 Å². The third kappa shape index (κ3) is 3.35. The van der Waals surface area contributed by atoms with Gasteiger partial charge in [0, 0.05) is 19.0 Å². The van der Waals surface area contributed by atoms with E-state index in [1.807, 2.05) is 12.1 Å². The van der Waals surface area contributed by atoms with Crippen LogP contribution in [0.5, 0.6) is 0 Å². The third-order valence-corrected chi connectivity index (χ3v) is 3.75. The predicted molar refractivity (Wildman–Crippen MR) is 69.8 cm³/mol. The molecular weight excluding hydrogens is 228 g/mol. The number of hydrogen-bond donors (Lipinski definition) is 1. The van der Waals surface area contributed by atoms with Crippen LogP contribution in [0.4, 0.5) is 0 Å². The van der Waals surface area contributed by atoms with Crippen molar-refractivity contribution >= 4 is 5.91 Å². The summed E-state index contributed by atoms with van der Waals surface area (Å²) < 4.78 is 5.24. The molecule has 0 radical (unpaired) electrons. The maximum atomic E-state index is 12.1. The molecule has 0 atom stereocenters. The molecule has 1 amide bonds. The second-order valence-electron chi connectivity index (χ2n) is 5.43. The summed E-state index contributed by atoms with van der Waals surface area (Å²) in [6.07, 6.45) is 7.54. The molecule has 1 fully saturated rings. The van der Waals surface area contributed by atoms with Gasteiger partial charge in [-0.1, -0.05) is 19.3 Å². The summed E-state index contributed by atoms with van der Waals surface area (Å²) in [5.74, 6) is 0.913. The van der Waals surface area contributed by atoms with Crippen LogP contribution in [0.15, 0.2) is 22.8 Å². The van der Waals surface area contributed by atoms with Gasteiger partial charge in [0.15, 0.2) is 0 Å². The summed E-state index contributed by atoms with van der Waals surface area (Å²) in [6, 6.07) is 3.71. The SMILES string of the molecule is CN(Cc1ccco1)C(=O)CC1(N)CCCCC1. The molecule has 4 heteroatoms. The van der Waals surface area contributed by atoms with Crippen LogP contribution < -0.4 is 5.73 Å². The summed E-state index contributed by atoms with van der Waals surface area (Å²) >= 11 is 0. The Morgan fingerprint density at radius 2 is 2.17 bits per heavy atom. The van der Waals surface area contributed by atoms with Crippen molar-refractivity contribution < 1.29 is 9.21 Å². The first-order valence-corrected chi connectivity index (χ1v) is 6.64. The molecule has 1 heterocycles. The Kier molecular flexibility index (Phi) is 4.07. The Labute approximate surface area is 108 Å². The van der Waals surface area contributed by atoms with Crippen molar-refractivity contribution in [3.05, 3.63) is 24.2 Å². The number of furan rings is 1. The van der Waals surface area contributed by atoms with Crippen molar-refractivity contribution in [1.82, 2.24) is 4.90 Å². The zero-order valence-corrected chi connectivity index (χ0v) is 11.0. The first-order chi connectivity index (χ1) is 8.59. The first kappa shape index (κ1) is 13.1. The second-order valence-corrected chi connectivity index (χ2v) is 5.43. The van der Waals surface area contributed by atoms with Crippen molar-refractivity contribution in [3.8, 4) is 0 Å². The molecule has 0 aliphatic heterocycles. The summed E-state index contributed by atoms with van der Waals surface area (Å²) in [6.45, 7) is 0.516. The third-order valence-electron chi connectivity index (χ3n) is 3.75. The van der Waals surface area contributed by atoms with E-state index in [0.29, 0.717) is 13.0 Å². The van der Waals surface area contributed by atoms with Crippen molar-refractivity contribution in [2.24, 2.45) is 5.73 Å². The highest BCUT2D eigenvalue weighted by molar-refractivity contribution is 5.77. The number of amides is 1. The minimum absolute atomic E-state index is 0.107. The molecule has 18 heavy (non-hydrogen) atoms. The highest BCUT2D eigenvalue weighted by Gasteiger charge is 2.31. The van der Waals surface area contributed by atoms with E-state index in [0.717, 1.165) is 31.4 Å². The molecule has 1 saturated carbocycles. The van der Waals surface area contributed by atoms with Crippen LogP contribution in [0.3, 0.4) is 0 Å². The van der Waals surface area contributed by atoms with Crippen LogP contribution in [-0.4, -0.2) is 23.4 Å². The van der Waals surface area contributed by atoms with Gasteiger partial charge in [-0.15, -0.1) is 0 Å². The van der Waals surface area contributed by atoms with Gasteiger partial charge in [-0.3, -0.25) is 4.79 Å². The van der Waals surface area contributed by atoms with Gasteiger partial charge in [0.25, 0.3) is 0 Å². The van der Waals surface area contributed by atoms with Gasteiger partial charge in [-0.25, -0.2) is 0 Å². The van der Waals surface area contributed by atoms with Crippen molar-refractivity contribution in [1.29, 1.82) is 0 Å². The molecule has 1 aromatic heterocycles. The summed E-state index contributed by atoms with van der Waals surface area (Å²) in [7, 11) is 1.80. The zero-order valence-electron chi connectivity index (χ0n) is 11.0. The van der Waals surface area contributed by atoms with E-state index in [-0.39, 0.29) is 11.4 Å². The van der Waals surface area contributed by atoms with Crippen LogP contribution >= 0.6 is 0 Å². The number of nitrogens with two attached hydrogens (primary N) is 1. The predicted octanol–water partition coefficient (Wildman–Crippen LogP) is 2.29. The fourth-order valence-electron chi connectivity index (χ4n) is 2.59. The average molecular weight is 250 g/mol. The minimum atomic E-state index is -0.285. The molecule has 0 aromatic carbocycles. The van der Waals surface area contributed by atoms with Gasteiger partial charge >= 0.3 is 0 Å². The minimum Gasteiger partial charge on any atom is -0.467 e. The lowest BCUT2D eigenvalue weighted by molar-refractivity contribution is -0.132. The molecule has 1 aliphatic carbocycles. The fourth-order valence-corrected chi connectivity index (χ4v) is 2.59. The standard InChI is InChI=1S/C14H22N2O2/c1-16(11-12-6-5-9-18-12)13(17)10-14(15)7-3-2-4-8-14/h5-6,9H,2-4,7-8,10-11,15H2,1H3. The molecule has 1 aliphatic rings. The average Bonchev–Trinajstić information content (AvgIpc) is 2.82. The van der Waals surface area contributed by atoms with Gasteiger partial charge in [-0.05, 0) is 25.0 Å². The van der Waals surface area contributed by atoms with Crippen LogP contribution in [0, 0.1) is 0 Å². The molecule has 4 nitrogen and oxygen atoms in total. The van der Waals surface area contributed by atoms with Gasteiger partial charge in [0.1, 0.15) is 5.76 Å². The smallest absolute Gasteiger partial charge is 0.224 e. The number of rotatable bonds is 4. The Balaban J connectivity index is 1.86. The molecule has 2 rings (SSSR count). The lowest BCUT2D eigenvalue weighted by Gasteiger charge is -2.34. The lowest BCUT2D eigenvalue weighted by Crippen LogP contribution is -2.46. The van der Waals surface area contributed by atoms with Crippen molar-refractivity contribution in [2.45, 2.75) is 50.6 Å². The van der Waals surface area contributed by atoms with Crippen LogP contribution in [0.2, 0.25) is 0 Å². The number of nitrogens with zero attached hydrogens (tertiary/aromatic N) is 1.